The molecule has 0 radical (unpaired) electrons. The zero-order valence-electron chi connectivity index (χ0n) is 17.4. The van der Waals surface area contributed by atoms with Gasteiger partial charge in [0.25, 0.3) is 0 Å². The smallest absolute Gasteiger partial charge is 0.130 e. The van der Waals surface area contributed by atoms with Crippen molar-refractivity contribution < 1.29 is 9.13 Å². The summed E-state index contributed by atoms with van der Waals surface area (Å²) in [5, 5.41) is 2.38. The van der Waals surface area contributed by atoms with Gasteiger partial charge in [0.15, 0.2) is 0 Å². The molecular formula is C25H29FO. The predicted octanol–water partition coefficient (Wildman–Crippen LogP) is 7.25. The monoisotopic (exact) mass is 364 g/mol. The van der Waals surface area contributed by atoms with Crippen LogP contribution in [0.15, 0.2) is 48.5 Å². The van der Waals surface area contributed by atoms with E-state index >= 15 is 0 Å². The van der Waals surface area contributed by atoms with Crippen molar-refractivity contribution in [3.05, 3.63) is 65.5 Å². The standard InChI is InChI=1S/C25H29FO/c1-24(2,3)20-13-17-11-9-8-10-16(17)12-18(20)19-14-21(25(4,5)6)22(26)15-23(19)27-7/h8-15H,1-7H3. The Morgan fingerprint density at radius 3 is 1.78 bits per heavy atom. The van der Waals surface area contributed by atoms with Crippen LogP contribution >= 0.6 is 0 Å². The van der Waals surface area contributed by atoms with Crippen LogP contribution in [0.25, 0.3) is 21.9 Å². The molecule has 3 aromatic carbocycles. The highest BCUT2D eigenvalue weighted by Gasteiger charge is 2.25. The van der Waals surface area contributed by atoms with Crippen molar-refractivity contribution in [1.29, 1.82) is 0 Å². The summed E-state index contributed by atoms with van der Waals surface area (Å²) in [4.78, 5) is 0. The summed E-state index contributed by atoms with van der Waals surface area (Å²) in [6.07, 6.45) is 0. The van der Waals surface area contributed by atoms with Gasteiger partial charge in [0.05, 0.1) is 7.11 Å². The van der Waals surface area contributed by atoms with Crippen molar-refractivity contribution in [2.75, 3.05) is 7.11 Å². The number of benzene rings is 3. The minimum absolute atomic E-state index is 0.0549. The molecule has 0 spiro atoms. The molecule has 0 amide bonds. The van der Waals surface area contributed by atoms with Crippen LogP contribution in [0.1, 0.15) is 52.7 Å². The van der Waals surface area contributed by atoms with Crippen molar-refractivity contribution in [3.63, 3.8) is 0 Å². The van der Waals surface area contributed by atoms with Crippen LogP contribution in [0.4, 0.5) is 4.39 Å². The Morgan fingerprint density at radius 1 is 0.704 bits per heavy atom. The van der Waals surface area contributed by atoms with Gasteiger partial charge in [-0.3, -0.25) is 0 Å². The Balaban J connectivity index is 2.40. The van der Waals surface area contributed by atoms with Crippen molar-refractivity contribution in [3.8, 4) is 16.9 Å². The number of hydrogen-bond donors (Lipinski definition) is 0. The molecule has 0 atom stereocenters. The molecule has 0 fully saturated rings. The number of rotatable bonds is 2. The molecule has 0 aliphatic rings. The zero-order chi connectivity index (χ0) is 20.0. The molecule has 3 aromatic rings. The van der Waals surface area contributed by atoms with Crippen LogP contribution in [0.2, 0.25) is 0 Å². The fourth-order valence-corrected chi connectivity index (χ4v) is 3.59. The quantitative estimate of drug-likeness (QED) is 0.465. The second-order valence-electron chi connectivity index (χ2n) is 9.28. The highest BCUT2D eigenvalue weighted by Crippen LogP contribution is 2.42. The molecule has 3 rings (SSSR count). The first-order valence-corrected chi connectivity index (χ1v) is 9.44. The van der Waals surface area contributed by atoms with Crippen LogP contribution in [0, 0.1) is 5.82 Å². The highest BCUT2D eigenvalue weighted by molar-refractivity contribution is 5.91. The molecule has 0 heterocycles. The Bertz CT molecular complexity index is 988. The Kier molecular flexibility index (Phi) is 4.80. The molecule has 0 aliphatic carbocycles. The van der Waals surface area contributed by atoms with Gasteiger partial charge < -0.3 is 4.74 Å². The van der Waals surface area contributed by atoms with E-state index in [1.807, 2.05) is 32.9 Å². The Morgan fingerprint density at radius 2 is 1.26 bits per heavy atom. The second-order valence-corrected chi connectivity index (χ2v) is 9.28. The van der Waals surface area contributed by atoms with E-state index < -0.39 is 0 Å². The van der Waals surface area contributed by atoms with Gasteiger partial charge in [-0.15, -0.1) is 0 Å². The maximum atomic E-state index is 14.7. The predicted molar refractivity (Wildman–Crippen MR) is 113 cm³/mol. The van der Waals surface area contributed by atoms with Gasteiger partial charge in [-0.2, -0.15) is 0 Å². The van der Waals surface area contributed by atoms with Gasteiger partial charge >= 0.3 is 0 Å². The molecule has 0 bridgehead atoms. The molecule has 1 nitrogen and oxygen atoms in total. The molecule has 0 saturated heterocycles. The van der Waals surface area contributed by atoms with E-state index in [-0.39, 0.29) is 16.6 Å². The molecule has 0 aromatic heterocycles. The molecule has 0 aliphatic heterocycles. The molecule has 142 valence electrons. The SMILES string of the molecule is COc1cc(F)c(C(C)(C)C)cc1-c1cc2ccccc2cc1C(C)(C)C. The topological polar surface area (TPSA) is 9.23 Å². The van der Waals surface area contributed by atoms with Gasteiger partial charge in [0, 0.05) is 11.6 Å². The first-order valence-electron chi connectivity index (χ1n) is 9.44. The van der Waals surface area contributed by atoms with Crippen LogP contribution in [-0.4, -0.2) is 7.11 Å². The first-order chi connectivity index (χ1) is 12.5. The number of halogens is 1. The fourth-order valence-electron chi connectivity index (χ4n) is 3.59. The third kappa shape index (κ3) is 3.71. The van der Waals surface area contributed by atoms with Gasteiger partial charge in [-0.1, -0.05) is 71.9 Å². The van der Waals surface area contributed by atoms with E-state index in [1.165, 1.54) is 22.4 Å². The summed E-state index contributed by atoms with van der Waals surface area (Å²) in [6, 6.07) is 16.3. The number of fused-ring (bicyclic) bond motifs is 1. The first kappa shape index (κ1) is 19.4. The molecule has 0 saturated carbocycles. The summed E-state index contributed by atoms with van der Waals surface area (Å²) in [5.74, 6) is 0.350. The van der Waals surface area contributed by atoms with Crippen LogP contribution < -0.4 is 4.74 Å². The maximum Gasteiger partial charge on any atom is 0.130 e. The van der Waals surface area contributed by atoms with Gasteiger partial charge in [0.1, 0.15) is 11.6 Å². The van der Waals surface area contributed by atoms with Crippen LogP contribution in [-0.2, 0) is 10.8 Å². The lowest BCUT2D eigenvalue weighted by Crippen LogP contribution is -2.15. The molecular weight excluding hydrogens is 335 g/mol. The third-order valence-corrected chi connectivity index (χ3v) is 5.08. The van der Waals surface area contributed by atoms with E-state index in [0.717, 1.165) is 11.1 Å². The lowest BCUT2D eigenvalue weighted by Gasteiger charge is -2.27. The minimum atomic E-state index is -0.288. The lowest BCUT2D eigenvalue weighted by molar-refractivity contribution is 0.410. The zero-order valence-corrected chi connectivity index (χ0v) is 17.4. The Hall–Kier alpha value is -2.35. The normalized spacial score (nSPS) is 12.4. The van der Waals surface area contributed by atoms with E-state index in [0.29, 0.717) is 11.3 Å². The Labute approximate surface area is 162 Å². The third-order valence-electron chi connectivity index (χ3n) is 5.08. The highest BCUT2D eigenvalue weighted by atomic mass is 19.1. The summed E-state index contributed by atoms with van der Waals surface area (Å²) in [7, 11) is 1.60. The van der Waals surface area contributed by atoms with Crippen LogP contribution in [0.5, 0.6) is 5.75 Å². The van der Waals surface area contributed by atoms with E-state index in [1.54, 1.807) is 7.11 Å². The maximum absolute atomic E-state index is 14.7. The minimum Gasteiger partial charge on any atom is -0.496 e. The second kappa shape index (κ2) is 6.67. The molecule has 2 heteroatoms. The number of ether oxygens (including phenoxy) is 1. The average Bonchev–Trinajstić information content (AvgIpc) is 2.58. The van der Waals surface area contributed by atoms with E-state index in [4.69, 9.17) is 4.74 Å². The lowest BCUT2D eigenvalue weighted by atomic mass is 9.78. The number of methoxy groups -OCH3 is 1. The van der Waals surface area contributed by atoms with Crippen molar-refractivity contribution in [2.45, 2.75) is 52.4 Å². The summed E-state index contributed by atoms with van der Waals surface area (Å²) < 4.78 is 20.3. The summed E-state index contributed by atoms with van der Waals surface area (Å²) >= 11 is 0. The summed E-state index contributed by atoms with van der Waals surface area (Å²) in [5.41, 5.74) is 3.63. The largest absolute Gasteiger partial charge is 0.496 e. The average molecular weight is 365 g/mol. The molecule has 0 unspecified atom stereocenters. The van der Waals surface area contributed by atoms with Crippen molar-refractivity contribution in [2.24, 2.45) is 0 Å². The van der Waals surface area contributed by atoms with Gasteiger partial charge in [0.2, 0.25) is 0 Å². The molecule has 0 N–H and O–H groups in total. The summed E-state index contributed by atoms with van der Waals surface area (Å²) in [6.45, 7) is 12.7. The van der Waals surface area contributed by atoms with Crippen LogP contribution in [0.3, 0.4) is 0 Å². The number of hydrogen-bond acceptors (Lipinski definition) is 1. The van der Waals surface area contributed by atoms with Crippen molar-refractivity contribution >= 4 is 10.8 Å². The van der Waals surface area contributed by atoms with E-state index in [2.05, 4.69) is 51.1 Å². The van der Waals surface area contributed by atoms with Gasteiger partial charge in [-0.05, 0) is 50.4 Å². The van der Waals surface area contributed by atoms with Crippen molar-refractivity contribution in [1.82, 2.24) is 0 Å². The van der Waals surface area contributed by atoms with Gasteiger partial charge in [-0.25, -0.2) is 4.39 Å². The van der Waals surface area contributed by atoms with E-state index in [9.17, 15) is 4.39 Å². The fraction of sp³-hybridized carbons (Fsp3) is 0.360. The molecule has 27 heavy (non-hydrogen) atoms.